The van der Waals surface area contributed by atoms with Gasteiger partial charge >= 0.3 is 0 Å². The molecule has 1 saturated carbocycles. The first-order chi connectivity index (χ1) is 6.78. The number of nitrogens with zero attached hydrogens (tertiary/aromatic N) is 1. The van der Waals surface area contributed by atoms with Crippen LogP contribution in [-0.2, 0) is 4.79 Å². The van der Waals surface area contributed by atoms with Crippen LogP contribution in [0, 0.1) is 5.92 Å². The number of nitrogens with one attached hydrogen (secondary N) is 2. The fourth-order valence-corrected chi connectivity index (χ4v) is 2.45. The fourth-order valence-electron chi connectivity index (χ4n) is 2.45. The zero-order chi connectivity index (χ0) is 9.60. The number of aromatic nitrogens is 1. The Bertz CT molecular complexity index is 346. The normalized spacial score (nSPS) is 33.9. The van der Waals surface area contributed by atoms with E-state index in [1.807, 2.05) is 24.5 Å². The molecule has 2 N–H and O–H groups in total. The molecule has 2 bridgehead atoms. The fraction of sp³-hybridized carbons (Fsp3) is 0.500. The van der Waals surface area contributed by atoms with Crippen molar-refractivity contribution >= 4 is 5.91 Å². The summed E-state index contributed by atoms with van der Waals surface area (Å²) < 4.78 is 1.70. The molecule has 0 unspecified atom stereocenters. The van der Waals surface area contributed by atoms with Gasteiger partial charge in [0.15, 0.2) is 0 Å². The quantitative estimate of drug-likeness (QED) is 0.706. The molecule has 1 aromatic heterocycles. The summed E-state index contributed by atoms with van der Waals surface area (Å²) in [5, 5.41) is 3.29. The molecule has 14 heavy (non-hydrogen) atoms. The maximum absolute atomic E-state index is 11.9. The van der Waals surface area contributed by atoms with E-state index in [1.54, 1.807) is 4.68 Å². The second-order valence-corrected chi connectivity index (χ2v) is 4.27. The predicted octanol–water partition coefficient (Wildman–Crippen LogP) is 0.310. The lowest BCUT2D eigenvalue weighted by Crippen LogP contribution is -2.55. The summed E-state index contributed by atoms with van der Waals surface area (Å²) in [5.74, 6) is 0.827. The number of rotatable bonds is 2. The smallest absolute Gasteiger partial charge is 0.259 e. The standard InChI is InChI=1S/C10H13N3O/c14-9(12-13-3-1-2-4-13)10-5-8(6-10)7-11-10/h1-4,8,11H,5-7H2,(H,12,14). The Morgan fingerprint density at radius 1 is 1.43 bits per heavy atom. The van der Waals surface area contributed by atoms with Crippen molar-refractivity contribution in [3.05, 3.63) is 24.5 Å². The first-order valence-corrected chi connectivity index (χ1v) is 4.98. The molecular weight excluding hydrogens is 178 g/mol. The van der Waals surface area contributed by atoms with E-state index in [2.05, 4.69) is 10.7 Å². The minimum absolute atomic E-state index is 0.0995. The van der Waals surface area contributed by atoms with Crippen LogP contribution in [0.2, 0.25) is 0 Å². The summed E-state index contributed by atoms with van der Waals surface area (Å²) in [6.07, 6.45) is 5.67. The third-order valence-electron chi connectivity index (χ3n) is 3.27. The van der Waals surface area contributed by atoms with Crippen LogP contribution >= 0.6 is 0 Å². The molecule has 0 radical (unpaired) electrons. The summed E-state index contributed by atoms with van der Waals surface area (Å²) in [6.45, 7) is 0.999. The highest BCUT2D eigenvalue weighted by Crippen LogP contribution is 2.43. The van der Waals surface area contributed by atoms with Gasteiger partial charge in [-0.1, -0.05) is 0 Å². The molecule has 2 saturated heterocycles. The predicted molar refractivity (Wildman–Crippen MR) is 52.3 cm³/mol. The molecule has 4 nitrogen and oxygen atoms in total. The molecular formula is C10H13N3O. The van der Waals surface area contributed by atoms with Crippen LogP contribution in [0.5, 0.6) is 0 Å². The minimum Gasteiger partial charge on any atom is -0.303 e. The molecule has 3 aliphatic rings. The number of carbonyl (C=O) groups excluding carboxylic acids is 1. The Balaban J connectivity index is 1.72. The molecule has 0 aromatic carbocycles. The summed E-state index contributed by atoms with van der Waals surface area (Å²) in [4.78, 5) is 11.9. The van der Waals surface area contributed by atoms with Crippen LogP contribution in [0.25, 0.3) is 0 Å². The second-order valence-electron chi connectivity index (χ2n) is 4.27. The average molecular weight is 191 g/mol. The van der Waals surface area contributed by atoms with Gasteiger partial charge in [0.25, 0.3) is 5.91 Å². The van der Waals surface area contributed by atoms with Gasteiger partial charge in [-0.05, 0) is 37.4 Å². The van der Waals surface area contributed by atoms with E-state index >= 15 is 0 Å². The maximum Gasteiger partial charge on any atom is 0.259 e. The lowest BCUT2D eigenvalue weighted by atomic mass is 9.73. The van der Waals surface area contributed by atoms with Crippen molar-refractivity contribution in [3.8, 4) is 0 Å². The van der Waals surface area contributed by atoms with E-state index in [0.717, 1.165) is 25.3 Å². The SMILES string of the molecule is O=C(Nn1cccc1)C12CC(CN1)C2. The van der Waals surface area contributed by atoms with E-state index < -0.39 is 0 Å². The Morgan fingerprint density at radius 3 is 2.71 bits per heavy atom. The third-order valence-corrected chi connectivity index (χ3v) is 3.27. The summed E-state index contributed by atoms with van der Waals surface area (Å²) in [7, 11) is 0. The molecule has 74 valence electrons. The average Bonchev–Trinajstić information content (AvgIpc) is 2.76. The van der Waals surface area contributed by atoms with Gasteiger partial charge in [-0.15, -0.1) is 0 Å². The van der Waals surface area contributed by atoms with E-state index in [9.17, 15) is 4.79 Å². The largest absolute Gasteiger partial charge is 0.303 e. The summed E-state index contributed by atoms with van der Waals surface area (Å²) >= 11 is 0. The van der Waals surface area contributed by atoms with Crippen LogP contribution in [0.15, 0.2) is 24.5 Å². The van der Waals surface area contributed by atoms with E-state index in [0.29, 0.717) is 0 Å². The van der Waals surface area contributed by atoms with Gasteiger partial charge in [-0.3, -0.25) is 14.9 Å². The number of hydrogen-bond donors (Lipinski definition) is 2. The van der Waals surface area contributed by atoms with Gasteiger partial charge in [0, 0.05) is 12.4 Å². The highest BCUT2D eigenvalue weighted by Gasteiger charge is 2.55. The van der Waals surface area contributed by atoms with Gasteiger partial charge < -0.3 is 5.32 Å². The van der Waals surface area contributed by atoms with E-state index in [4.69, 9.17) is 0 Å². The maximum atomic E-state index is 11.9. The molecule has 0 atom stereocenters. The lowest BCUT2D eigenvalue weighted by molar-refractivity contribution is -0.125. The summed E-state index contributed by atoms with van der Waals surface area (Å²) in [6, 6.07) is 3.78. The van der Waals surface area contributed by atoms with Crippen molar-refractivity contribution in [3.63, 3.8) is 0 Å². The Labute approximate surface area is 82.3 Å². The van der Waals surface area contributed by atoms with Crippen LogP contribution in [0.3, 0.4) is 0 Å². The molecule has 4 rings (SSSR count). The van der Waals surface area contributed by atoms with Crippen molar-refractivity contribution in [2.24, 2.45) is 5.92 Å². The van der Waals surface area contributed by atoms with Crippen LogP contribution in [-0.4, -0.2) is 22.7 Å². The van der Waals surface area contributed by atoms with Gasteiger partial charge in [-0.25, -0.2) is 0 Å². The van der Waals surface area contributed by atoms with Crippen LogP contribution < -0.4 is 10.7 Å². The van der Waals surface area contributed by atoms with Crippen molar-refractivity contribution in [1.82, 2.24) is 9.99 Å². The summed E-state index contributed by atoms with van der Waals surface area (Å²) in [5.41, 5.74) is 2.60. The Morgan fingerprint density at radius 2 is 2.14 bits per heavy atom. The van der Waals surface area contributed by atoms with Crippen molar-refractivity contribution in [2.45, 2.75) is 18.4 Å². The number of hydrogen-bond acceptors (Lipinski definition) is 2. The molecule has 3 fully saturated rings. The molecule has 1 amide bonds. The number of carbonyl (C=O) groups is 1. The van der Waals surface area contributed by atoms with Crippen molar-refractivity contribution < 1.29 is 4.79 Å². The monoisotopic (exact) mass is 191 g/mol. The van der Waals surface area contributed by atoms with Gasteiger partial charge in [0.05, 0.1) is 0 Å². The molecule has 2 aliphatic heterocycles. The van der Waals surface area contributed by atoms with Gasteiger partial charge in [0.1, 0.15) is 5.54 Å². The lowest BCUT2D eigenvalue weighted by Gasteiger charge is -2.35. The Kier molecular flexibility index (Phi) is 1.50. The van der Waals surface area contributed by atoms with Crippen LogP contribution in [0.4, 0.5) is 0 Å². The highest BCUT2D eigenvalue weighted by atomic mass is 16.2. The minimum atomic E-state index is -0.255. The van der Waals surface area contributed by atoms with E-state index in [1.165, 1.54) is 0 Å². The number of amides is 1. The molecule has 1 aromatic rings. The second kappa shape index (κ2) is 2.60. The highest BCUT2D eigenvalue weighted by molar-refractivity contribution is 5.94. The molecule has 0 spiro atoms. The first kappa shape index (κ1) is 8.05. The van der Waals surface area contributed by atoms with Crippen molar-refractivity contribution in [1.29, 1.82) is 0 Å². The molecule has 4 heteroatoms. The molecule has 1 aliphatic carbocycles. The third kappa shape index (κ3) is 1.00. The zero-order valence-corrected chi connectivity index (χ0v) is 7.86. The van der Waals surface area contributed by atoms with Gasteiger partial charge in [0.2, 0.25) is 0 Å². The first-order valence-electron chi connectivity index (χ1n) is 4.98. The molecule has 3 heterocycles. The topological polar surface area (TPSA) is 46.1 Å². The van der Waals surface area contributed by atoms with E-state index in [-0.39, 0.29) is 11.4 Å². The zero-order valence-electron chi connectivity index (χ0n) is 7.86. The van der Waals surface area contributed by atoms with Crippen molar-refractivity contribution in [2.75, 3.05) is 12.0 Å². The van der Waals surface area contributed by atoms with Gasteiger partial charge in [-0.2, -0.15) is 0 Å². The van der Waals surface area contributed by atoms with Crippen LogP contribution in [0.1, 0.15) is 12.8 Å². The number of fused-ring (bicyclic) bond motifs is 1. The Hall–Kier alpha value is -1.29.